The highest BCUT2D eigenvalue weighted by Crippen LogP contribution is 2.18. The van der Waals surface area contributed by atoms with E-state index in [1.165, 1.54) is 0 Å². The second-order valence-electron chi connectivity index (χ2n) is 5.06. The molecule has 2 aromatic carbocycles. The summed E-state index contributed by atoms with van der Waals surface area (Å²) in [7, 11) is 0. The first-order valence-electron chi connectivity index (χ1n) is 6.52. The molecule has 0 heterocycles. The lowest BCUT2D eigenvalue weighted by Gasteiger charge is -2.18. The van der Waals surface area contributed by atoms with E-state index >= 15 is 0 Å². The van der Waals surface area contributed by atoms with E-state index in [2.05, 4.69) is 5.32 Å². The van der Waals surface area contributed by atoms with Crippen LogP contribution in [-0.2, 0) is 4.79 Å². The van der Waals surface area contributed by atoms with Crippen molar-refractivity contribution < 1.29 is 14.7 Å². The van der Waals surface area contributed by atoms with Crippen molar-refractivity contribution >= 4 is 22.6 Å². The fourth-order valence-electron chi connectivity index (χ4n) is 2.16. The maximum Gasteiger partial charge on any atom is 0.326 e. The van der Waals surface area contributed by atoms with Crippen LogP contribution in [0.4, 0.5) is 0 Å². The molecule has 0 aliphatic heterocycles. The van der Waals surface area contributed by atoms with Crippen molar-refractivity contribution in [3.63, 3.8) is 0 Å². The number of carbonyl (C=O) groups is 2. The third-order valence-electron chi connectivity index (χ3n) is 3.25. The first-order chi connectivity index (χ1) is 9.50. The van der Waals surface area contributed by atoms with Gasteiger partial charge in [-0.25, -0.2) is 4.79 Å². The fourth-order valence-corrected chi connectivity index (χ4v) is 2.16. The molecular formula is C16H17NO3. The van der Waals surface area contributed by atoms with Gasteiger partial charge in [0.25, 0.3) is 5.91 Å². The fraction of sp³-hybridized carbons (Fsp3) is 0.250. The summed E-state index contributed by atoms with van der Waals surface area (Å²) in [4.78, 5) is 23.5. The number of amides is 1. The molecule has 0 spiro atoms. The predicted octanol–water partition coefficient (Wildman–Crippen LogP) is 2.68. The molecule has 104 valence electrons. The van der Waals surface area contributed by atoms with Gasteiger partial charge in [-0.05, 0) is 22.8 Å². The van der Waals surface area contributed by atoms with Crippen LogP contribution in [-0.4, -0.2) is 23.0 Å². The summed E-state index contributed by atoms with van der Waals surface area (Å²) in [6.45, 7) is 3.53. The van der Waals surface area contributed by atoms with E-state index in [4.69, 9.17) is 5.11 Å². The lowest BCUT2D eigenvalue weighted by molar-refractivity contribution is -0.140. The zero-order chi connectivity index (χ0) is 14.7. The first-order valence-corrected chi connectivity index (χ1v) is 6.52. The molecule has 2 aromatic rings. The topological polar surface area (TPSA) is 66.4 Å². The van der Waals surface area contributed by atoms with Gasteiger partial charge in [0.1, 0.15) is 6.04 Å². The summed E-state index contributed by atoms with van der Waals surface area (Å²) in [6, 6.07) is 12.1. The Bertz CT molecular complexity index is 644. The third-order valence-corrected chi connectivity index (χ3v) is 3.25. The summed E-state index contributed by atoms with van der Waals surface area (Å²) in [5.41, 5.74) is 0.495. The molecule has 4 nitrogen and oxygen atoms in total. The molecule has 2 N–H and O–H groups in total. The van der Waals surface area contributed by atoms with Crippen molar-refractivity contribution in [2.45, 2.75) is 19.9 Å². The Morgan fingerprint density at radius 1 is 1.05 bits per heavy atom. The van der Waals surface area contributed by atoms with Crippen molar-refractivity contribution in [2.75, 3.05) is 0 Å². The summed E-state index contributed by atoms with van der Waals surface area (Å²) in [6.07, 6.45) is 0. The molecule has 2 rings (SSSR count). The Morgan fingerprint density at radius 3 is 2.35 bits per heavy atom. The van der Waals surface area contributed by atoms with Gasteiger partial charge in [0.15, 0.2) is 0 Å². The van der Waals surface area contributed by atoms with E-state index in [0.29, 0.717) is 5.56 Å². The quantitative estimate of drug-likeness (QED) is 0.898. The van der Waals surface area contributed by atoms with E-state index in [1.54, 1.807) is 26.0 Å². The number of carbonyl (C=O) groups excluding carboxylic acids is 1. The molecule has 1 unspecified atom stereocenters. The van der Waals surface area contributed by atoms with Gasteiger partial charge in [-0.1, -0.05) is 50.2 Å². The molecule has 0 aromatic heterocycles. The molecular weight excluding hydrogens is 254 g/mol. The van der Waals surface area contributed by atoms with Crippen molar-refractivity contribution in [3.05, 3.63) is 48.0 Å². The molecule has 0 aliphatic carbocycles. The standard InChI is InChI=1S/C16H17NO3/c1-10(2)14(16(19)20)17-15(18)13-9-5-7-11-6-3-4-8-12(11)13/h3-10,14H,1-2H3,(H,17,18)(H,19,20). The van der Waals surface area contributed by atoms with Gasteiger partial charge in [-0.2, -0.15) is 0 Å². The minimum absolute atomic E-state index is 0.175. The molecule has 0 radical (unpaired) electrons. The number of rotatable bonds is 4. The Kier molecular flexibility index (Phi) is 4.03. The number of carboxylic acids is 1. The first kappa shape index (κ1) is 14.1. The Balaban J connectivity index is 2.34. The van der Waals surface area contributed by atoms with Gasteiger partial charge in [-0.15, -0.1) is 0 Å². The molecule has 0 fully saturated rings. The van der Waals surface area contributed by atoms with Gasteiger partial charge in [0, 0.05) is 5.56 Å². The lowest BCUT2D eigenvalue weighted by Crippen LogP contribution is -2.44. The molecule has 0 saturated carbocycles. The predicted molar refractivity (Wildman–Crippen MR) is 77.7 cm³/mol. The second kappa shape index (κ2) is 5.74. The number of hydrogen-bond donors (Lipinski definition) is 2. The summed E-state index contributed by atoms with van der Waals surface area (Å²) in [5.74, 6) is -1.55. The highest BCUT2D eigenvalue weighted by molar-refractivity contribution is 6.07. The number of fused-ring (bicyclic) bond motifs is 1. The third kappa shape index (κ3) is 2.79. The molecule has 20 heavy (non-hydrogen) atoms. The SMILES string of the molecule is CC(C)C(NC(=O)c1cccc2ccccc12)C(=O)O. The largest absolute Gasteiger partial charge is 0.480 e. The van der Waals surface area contributed by atoms with E-state index in [-0.39, 0.29) is 11.8 Å². The smallest absolute Gasteiger partial charge is 0.326 e. The maximum atomic E-state index is 12.3. The maximum absolute atomic E-state index is 12.3. The number of hydrogen-bond acceptors (Lipinski definition) is 2. The van der Waals surface area contributed by atoms with Crippen LogP contribution >= 0.6 is 0 Å². The zero-order valence-corrected chi connectivity index (χ0v) is 11.5. The number of aliphatic carboxylic acids is 1. The highest BCUT2D eigenvalue weighted by atomic mass is 16.4. The monoisotopic (exact) mass is 271 g/mol. The minimum atomic E-state index is -1.02. The molecule has 0 saturated heterocycles. The number of benzene rings is 2. The van der Waals surface area contributed by atoms with Crippen LogP contribution in [0.15, 0.2) is 42.5 Å². The van der Waals surface area contributed by atoms with Gasteiger partial charge in [0.05, 0.1) is 0 Å². The average molecular weight is 271 g/mol. The number of nitrogens with one attached hydrogen (secondary N) is 1. The van der Waals surface area contributed by atoms with Crippen molar-refractivity contribution in [3.8, 4) is 0 Å². The van der Waals surface area contributed by atoms with Gasteiger partial charge >= 0.3 is 5.97 Å². The molecule has 0 bridgehead atoms. The molecule has 1 amide bonds. The van der Waals surface area contributed by atoms with Crippen molar-refractivity contribution in [2.24, 2.45) is 5.92 Å². The summed E-state index contributed by atoms with van der Waals surface area (Å²) in [5, 5.41) is 13.5. The van der Waals surface area contributed by atoms with Gasteiger partial charge in [0.2, 0.25) is 0 Å². The Morgan fingerprint density at radius 2 is 1.70 bits per heavy atom. The van der Waals surface area contributed by atoms with E-state index in [1.807, 2.05) is 30.3 Å². The van der Waals surface area contributed by atoms with Crippen molar-refractivity contribution in [1.29, 1.82) is 0 Å². The van der Waals surface area contributed by atoms with Gasteiger partial charge < -0.3 is 10.4 Å². The minimum Gasteiger partial charge on any atom is -0.480 e. The molecule has 0 aliphatic rings. The molecule has 1 atom stereocenters. The van der Waals surface area contributed by atoms with Crippen LogP contribution in [0.3, 0.4) is 0 Å². The zero-order valence-electron chi connectivity index (χ0n) is 11.5. The van der Waals surface area contributed by atoms with E-state index in [0.717, 1.165) is 10.8 Å². The van der Waals surface area contributed by atoms with Crippen LogP contribution in [0.2, 0.25) is 0 Å². The van der Waals surface area contributed by atoms with E-state index < -0.39 is 12.0 Å². The van der Waals surface area contributed by atoms with Crippen LogP contribution in [0.5, 0.6) is 0 Å². The second-order valence-corrected chi connectivity index (χ2v) is 5.06. The van der Waals surface area contributed by atoms with Crippen LogP contribution in [0.1, 0.15) is 24.2 Å². The van der Waals surface area contributed by atoms with Gasteiger partial charge in [-0.3, -0.25) is 4.79 Å². The Hall–Kier alpha value is -2.36. The lowest BCUT2D eigenvalue weighted by atomic mass is 10.0. The van der Waals surface area contributed by atoms with Crippen molar-refractivity contribution in [1.82, 2.24) is 5.32 Å². The summed E-state index contributed by atoms with van der Waals surface area (Å²) < 4.78 is 0. The summed E-state index contributed by atoms with van der Waals surface area (Å²) >= 11 is 0. The normalized spacial score (nSPS) is 12.3. The number of carboxylic acid groups (broad SMARTS) is 1. The molecule has 4 heteroatoms. The van der Waals surface area contributed by atoms with E-state index in [9.17, 15) is 9.59 Å². The average Bonchev–Trinajstić information content (AvgIpc) is 2.43. The van der Waals surface area contributed by atoms with Crippen LogP contribution < -0.4 is 5.32 Å². The Labute approximate surface area is 117 Å². The van der Waals surface area contributed by atoms with Crippen LogP contribution in [0.25, 0.3) is 10.8 Å². The van der Waals surface area contributed by atoms with Crippen LogP contribution in [0, 0.1) is 5.92 Å². The highest BCUT2D eigenvalue weighted by Gasteiger charge is 2.24.